The van der Waals surface area contributed by atoms with E-state index in [2.05, 4.69) is 4.90 Å². The lowest BCUT2D eigenvalue weighted by Crippen LogP contribution is -2.40. The molecule has 3 nitrogen and oxygen atoms in total. The molecule has 23 heavy (non-hydrogen) atoms. The minimum Gasteiger partial charge on any atom is -0.371 e. The van der Waals surface area contributed by atoms with Crippen LogP contribution in [0.25, 0.3) is 0 Å². The number of ether oxygens (including phenoxy) is 1. The first-order chi connectivity index (χ1) is 11.2. The molecule has 1 fully saturated rings. The number of nitrogens with zero attached hydrogens (tertiary/aromatic N) is 1. The minimum atomic E-state index is -1.00. The Kier molecular flexibility index (Phi) is 5.54. The van der Waals surface area contributed by atoms with Gasteiger partial charge in [0.15, 0.2) is 0 Å². The largest absolute Gasteiger partial charge is 0.371 e. The average molecular weight is 333 g/mol. The summed E-state index contributed by atoms with van der Waals surface area (Å²) in [6.45, 7) is 2.71. The van der Waals surface area contributed by atoms with E-state index in [0.29, 0.717) is 24.5 Å². The van der Waals surface area contributed by atoms with E-state index >= 15 is 0 Å². The van der Waals surface area contributed by atoms with Crippen LogP contribution in [0.3, 0.4) is 0 Å². The number of morpholine rings is 1. The van der Waals surface area contributed by atoms with Crippen molar-refractivity contribution in [1.82, 2.24) is 4.90 Å². The van der Waals surface area contributed by atoms with E-state index in [1.807, 2.05) is 36.4 Å². The Labute approximate surface area is 138 Å². The van der Waals surface area contributed by atoms with Crippen LogP contribution in [-0.2, 0) is 15.5 Å². The fourth-order valence-corrected chi connectivity index (χ4v) is 3.85. The van der Waals surface area contributed by atoms with Crippen LogP contribution in [0.4, 0.5) is 4.39 Å². The average Bonchev–Trinajstić information content (AvgIpc) is 2.61. The smallest absolute Gasteiger partial charge is 0.129 e. The van der Waals surface area contributed by atoms with Crippen LogP contribution in [0.5, 0.6) is 0 Å². The predicted octanol–water partition coefficient (Wildman–Crippen LogP) is 3.01. The number of hydrogen-bond donors (Lipinski definition) is 0. The summed E-state index contributed by atoms with van der Waals surface area (Å²) in [5.41, 5.74) is 0.599. The van der Waals surface area contributed by atoms with Gasteiger partial charge in [-0.2, -0.15) is 0 Å². The topological polar surface area (TPSA) is 29.5 Å². The molecule has 0 amide bonds. The highest BCUT2D eigenvalue weighted by atomic mass is 32.2. The highest BCUT2D eigenvalue weighted by Gasteiger charge is 2.24. The van der Waals surface area contributed by atoms with Gasteiger partial charge in [-0.1, -0.05) is 36.4 Å². The van der Waals surface area contributed by atoms with Gasteiger partial charge in [-0.15, -0.1) is 0 Å². The molecule has 0 aromatic heterocycles. The zero-order valence-corrected chi connectivity index (χ0v) is 13.7. The van der Waals surface area contributed by atoms with Crippen LogP contribution in [0, 0.1) is 5.82 Å². The van der Waals surface area contributed by atoms with Crippen LogP contribution in [0.2, 0.25) is 0 Å². The molecule has 5 heteroatoms. The first-order valence-corrected chi connectivity index (χ1v) is 9.08. The third-order valence-corrected chi connectivity index (χ3v) is 5.35. The van der Waals surface area contributed by atoms with Gasteiger partial charge in [-0.25, -0.2) is 4.39 Å². The van der Waals surface area contributed by atoms with E-state index in [-0.39, 0.29) is 11.9 Å². The Hall–Kier alpha value is -1.56. The number of halogens is 1. The first-order valence-electron chi connectivity index (χ1n) is 7.76. The van der Waals surface area contributed by atoms with Crippen LogP contribution in [-0.4, -0.2) is 41.1 Å². The van der Waals surface area contributed by atoms with Crippen molar-refractivity contribution in [1.29, 1.82) is 0 Å². The summed E-state index contributed by atoms with van der Waals surface area (Å²) in [6.07, 6.45) is -0.255. The SMILES string of the molecule is O=[S@](CCN1CCO[C@H](c2ccccc2F)C1)c1ccccc1. The van der Waals surface area contributed by atoms with Crippen molar-refractivity contribution in [2.45, 2.75) is 11.0 Å². The van der Waals surface area contributed by atoms with Gasteiger partial charge >= 0.3 is 0 Å². The monoisotopic (exact) mass is 333 g/mol. The standard InChI is InChI=1S/C18H20FNO2S/c19-17-9-5-4-8-16(17)18-14-20(10-12-22-18)11-13-23(21)15-6-2-1-3-7-15/h1-9,18H,10-14H2/t18-,23+/m0/s1. The molecule has 0 N–H and O–H groups in total. The number of benzene rings is 2. The van der Waals surface area contributed by atoms with Crippen LogP contribution in [0.15, 0.2) is 59.5 Å². The summed E-state index contributed by atoms with van der Waals surface area (Å²) in [5.74, 6) is 0.348. The van der Waals surface area contributed by atoms with E-state index in [4.69, 9.17) is 4.74 Å². The molecule has 0 bridgehead atoms. The Morgan fingerprint density at radius 3 is 2.65 bits per heavy atom. The highest BCUT2D eigenvalue weighted by molar-refractivity contribution is 7.85. The zero-order chi connectivity index (χ0) is 16.1. The second kappa shape index (κ2) is 7.81. The summed E-state index contributed by atoms with van der Waals surface area (Å²) < 4.78 is 31.9. The Morgan fingerprint density at radius 1 is 1.13 bits per heavy atom. The Bertz CT molecular complexity index is 665. The van der Waals surface area contributed by atoms with Crippen molar-refractivity contribution >= 4 is 10.8 Å². The molecule has 1 aliphatic heterocycles. The van der Waals surface area contributed by atoms with Gasteiger partial charge in [0.25, 0.3) is 0 Å². The maximum atomic E-state index is 13.9. The van der Waals surface area contributed by atoms with Crippen molar-refractivity contribution < 1.29 is 13.3 Å². The lowest BCUT2D eigenvalue weighted by Gasteiger charge is -2.33. The third-order valence-electron chi connectivity index (χ3n) is 4.00. The molecule has 1 heterocycles. The molecule has 122 valence electrons. The molecule has 2 aromatic carbocycles. The van der Waals surface area contributed by atoms with Crippen LogP contribution in [0.1, 0.15) is 11.7 Å². The van der Waals surface area contributed by atoms with E-state index < -0.39 is 10.8 Å². The van der Waals surface area contributed by atoms with Gasteiger partial charge in [-0.3, -0.25) is 9.11 Å². The first kappa shape index (κ1) is 16.3. The fourth-order valence-electron chi connectivity index (χ4n) is 2.73. The molecule has 0 aliphatic carbocycles. The van der Waals surface area contributed by atoms with E-state index in [1.54, 1.807) is 12.1 Å². The van der Waals surface area contributed by atoms with Gasteiger partial charge in [-0.05, 0) is 18.2 Å². The van der Waals surface area contributed by atoms with Gasteiger partial charge < -0.3 is 4.74 Å². The van der Waals surface area contributed by atoms with Gasteiger partial charge in [0.1, 0.15) is 5.82 Å². The van der Waals surface area contributed by atoms with Crippen molar-refractivity contribution in [2.75, 3.05) is 32.0 Å². The van der Waals surface area contributed by atoms with Crippen LogP contribution >= 0.6 is 0 Å². The van der Waals surface area contributed by atoms with E-state index in [9.17, 15) is 8.60 Å². The fraction of sp³-hybridized carbons (Fsp3) is 0.333. The minimum absolute atomic E-state index is 0.229. The molecular formula is C18H20FNO2S. The number of rotatable bonds is 5. The summed E-state index contributed by atoms with van der Waals surface area (Å²) in [4.78, 5) is 3.05. The van der Waals surface area contributed by atoms with Crippen molar-refractivity contribution in [3.05, 3.63) is 66.0 Å². The van der Waals surface area contributed by atoms with Gasteiger partial charge in [0.05, 0.1) is 23.5 Å². The van der Waals surface area contributed by atoms with Gasteiger partial charge in [0.2, 0.25) is 0 Å². The summed E-state index contributed by atoms with van der Waals surface area (Å²) in [6, 6.07) is 16.2. The quantitative estimate of drug-likeness (QED) is 0.842. The molecule has 0 spiro atoms. The molecule has 1 aliphatic rings. The number of hydrogen-bond acceptors (Lipinski definition) is 3. The molecule has 0 radical (unpaired) electrons. The van der Waals surface area contributed by atoms with E-state index in [0.717, 1.165) is 18.0 Å². The summed E-state index contributed by atoms with van der Waals surface area (Å²) >= 11 is 0. The molecular weight excluding hydrogens is 313 g/mol. The molecule has 3 rings (SSSR count). The lowest BCUT2D eigenvalue weighted by molar-refractivity contribution is -0.0294. The molecule has 0 unspecified atom stereocenters. The maximum absolute atomic E-state index is 13.9. The summed E-state index contributed by atoms with van der Waals surface area (Å²) in [7, 11) is -1.00. The van der Waals surface area contributed by atoms with Gasteiger partial charge in [0, 0.05) is 35.8 Å². The normalized spacial score (nSPS) is 20.3. The van der Waals surface area contributed by atoms with Crippen molar-refractivity contribution in [2.24, 2.45) is 0 Å². The van der Waals surface area contributed by atoms with E-state index in [1.165, 1.54) is 6.07 Å². The van der Waals surface area contributed by atoms with Crippen molar-refractivity contribution in [3.8, 4) is 0 Å². The molecule has 0 saturated carbocycles. The molecule has 1 saturated heterocycles. The summed E-state index contributed by atoms with van der Waals surface area (Å²) in [5, 5.41) is 0. The molecule has 2 aromatic rings. The van der Waals surface area contributed by atoms with Crippen LogP contribution < -0.4 is 0 Å². The Balaban J connectivity index is 1.57. The predicted molar refractivity (Wildman–Crippen MR) is 89.3 cm³/mol. The Morgan fingerprint density at radius 2 is 1.87 bits per heavy atom. The zero-order valence-electron chi connectivity index (χ0n) is 12.9. The lowest BCUT2D eigenvalue weighted by atomic mass is 10.1. The third kappa shape index (κ3) is 4.25. The second-order valence-electron chi connectivity index (χ2n) is 5.54. The highest BCUT2D eigenvalue weighted by Crippen LogP contribution is 2.24. The molecule has 2 atom stereocenters. The second-order valence-corrected chi connectivity index (χ2v) is 7.11. The maximum Gasteiger partial charge on any atom is 0.129 e. The van der Waals surface area contributed by atoms with Crippen molar-refractivity contribution in [3.63, 3.8) is 0 Å².